The Bertz CT molecular complexity index is 699. The van der Waals surface area contributed by atoms with Gasteiger partial charge in [0.1, 0.15) is 5.75 Å². The van der Waals surface area contributed by atoms with E-state index in [0.29, 0.717) is 19.8 Å². The van der Waals surface area contributed by atoms with Crippen molar-refractivity contribution in [2.75, 3.05) is 26.9 Å². The van der Waals surface area contributed by atoms with Gasteiger partial charge in [-0.1, -0.05) is 42.0 Å². The lowest BCUT2D eigenvalue weighted by Crippen LogP contribution is -2.36. The molecule has 0 radical (unpaired) electrons. The van der Waals surface area contributed by atoms with E-state index in [1.807, 2.05) is 18.2 Å². The van der Waals surface area contributed by atoms with E-state index < -0.39 is 0 Å². The largest absolute Gasteiger partial charge is 0.493 e. The van der Waals surface area contributed by atoms with Gasteiger partial charge in [0.15, 0.2) is 5.96 Å². The number of hydrogen-bond acceptors (Lipinski definition) is 3. The van der Waals surface area contributed by atoms with E-state index in [2.05, 4.69) is 59.8 Å². The number of guanidine groups is 1. The first kappa shape index (κ1) is 20.8. The van der Waals surface area contributed by atoms with Crippen LogP contribution in [0.4, 0.5) is 0 Å². The van der Waals surface area contributed by atoms with Crippen LogP contribution < -0.4 is 15.4 Å². The molecule has 0 spiro atoms. The summed E-state index contributed by atoms with van der Waals surface area (Å²) in [6, 6.07) is 16.6. The summed E-state index contributed by atoms with van der Waals surface area (Å²) in [4.78, 5) is 4.69. The molecule has 0 aliphatic heterocycles. The van der Waals surface area contributed by atoms with E-state index in [0.717, 1.165) is 36.8 Å². The molecule has 0 heterocycles. The summed E-state index contributed by atoms with van der Waals surface area (Å²) in [5.74, 6) is 1.68. The van der Waals surface area contributed by atoms with Crippen molar-refractivity contribution in [3.05, 3.63) is 65.2 Å². The average molecular weight is 370 g/mol. The highest BCUT2D eigenvalue weighted by Gasteiger charge is 2.01. The third-order valence-corrected chi connectivity index (χ3v) is 4.00. The lowest BCUT2D eigenvalue weighted by atomic mass is 10.1. The number of hydrogen-bond donors (Lipinski definition) is 2. The van der Waals surface area contributed by atoms with E-state index >= 15 is 0 Å². The van der Waals surface area contributed by atoms with Crippen LogP contribution in [0.1, 0.15) is 30.0 Å². The Labute approximate surface area is 162 Å². The van der Waals surface area contributed by atoms with Crippen LogP contribution in [-0.2, 0) is 17.8 Å². The number of methoxy groups -OCH3 is 1. The molecule has 2 aromatic carbocycles. The third kappa shape index (κ3) is 8.13. The number of aliphatic imine (C=N–C) groups is 1. The average Bonchev–Trinajstić information content (AvgIpc) is 2.69. The van der Waals surface area contributed by atoms with Crippen molar-refractivity contribution < 1.29 is 9.47 Å². The number of ether oxygens (including phenoxy) is 2. The molecule has 0 saturated heterocycles. The van der Waals surface area contributed by atoms with Crippen LogP contribution in [0, 0.1) is 6.92 Å². The second kappa shape index (κ2) is 12.0. The van der Waals surface area contributed by atoms with E-state index in [1.165, 1.54) is 11.1 Å². The second-order valence-corrected chi connectivity index (χ2v) is 6.38. The second-order valence-electron chi connectivity index (χ2n) is 6.38. The minimum atomic E-state index is 0.596. The van der Waals surface area contributed by atoms with Crippen molar-refractivity contribution in [2.45, 2.75) is 33.4 Å². The number of rotatable bonds is 10. The van der Waals surface area contributed by atoms with Gasteiger partial charge in [-0.3, -0.25) is 0 Å². The zero-order valence-corrected chi connectivity index (χ0v) is 16.6. The van der Waals surface area contributed by atoms with E-state index in [9.17, 15) is 0 Å². The Balaban J connectivity index is 1.90. The lowest BCUT2D eigenvalue weighted by molar-refractivity contribution is 0.172. The van der Waals surface area contributed by atoms with Crippen LogP contribution in [0.25, 0.3) is 0 Å². The highest BCUT2D eigenvalue weighted by Crippen LogP contribution is 2.14. The third-order valence-electron chi connectivity index (χ3n) is 4.00. The van der Waals surface area contributed by atoms with Gasteiger partial charge in [0.25, 0.3) is 0 Å². The van der Waals surface area contributed by atoms with Gasteiger partial charge >= 0.3 is 0 Å². The van der Waals surface area contributed by atoms with Crippen LogP contribution in [-0.4, -0.2) is 32.8 Å². The van der Waals surface area contributed by atoms with E-state index in [1.54, 1.807) is 7.11 Å². The van der Waals surface area contributed by atoms with Crippen molar-refractivity contribution in [3.8, 4) is 5.75 Å². The molecule has 2 N–H and O–H groups in total. The van der Waals surface area contributed by atoms with Gasteiger partial charge < -0.3 is 20.1 Å². The number of aryl methyl sites for hydroxylation is 1. The first-order valence-corrected chi connectivity index (χ1v) is 9.49. The fraction of sp³-hybridized carbons (Fsp3) is 0.409. The first-order valence-electron chi connectivity index (χ1n) is 9.49. The molecular formula is C22H31N3O2. The summed E-state index contributed by atoms with van der Waals surface area (Å²) >= 11 is 0. The highest BCUT2D eigenvalue weighted by molar-refractivity contribution is 5.79. The maximum Gasteiger partial charge on any atom is 0.191 e. The molecule has 0 aromatic heterocycles. The van der Waals surface area contributed by atoms with Crippen molar-refractivity contribution in [3.63, 3.8) is 0 Å². The van der Waals surface area contributed by atoms with E-state index in [4.69, 9.17) is 9.47 Å². The molecule has 0 saturated carbocycles. The predicted octanol–water partition coefficient (Wildman–Crippen LogP) is 3.67. The summed E-state index contributed by atoms with van der Waals surface area (Å²) in [5.41, 5.74) is 3.62. The summed E-state index contributed by atoms with van der Waals surface area (Å²) < 4.78 is 10.8. The molecule has 0 bridgehead atoms. The standard InChI is InChI=1S/C22H31N3O2/c1-4-23-22(24-16-19-11-9-18(2)10-12-19)25-17-20-7-5-8-21(15-20)27-14-6-13-26-3/h5,7-12,15H,4,6,13-14,16-17H2,1-3H3,(H2,23,24,25). The summed E-state index contributed by atoms with van der Waals surface area (Å²) in [6.07, 6.45) is 0.881. The van der Waals surface area contributed by atoms with Gasteiger partial charge in [0, 0.05) is 33.2 Å². The van der Waals surface area contributed by atoms with Crippen LogP contribution in [0.15, 0.2) is 53.5 Å². The Morgan fingerprint density at radius 1 is 1.00 bits per heavy atom. The van der Waals surface area contributed by atoms with Crippen molar-refractivity contribution in [1.82, 2.24) is 10.6 Å². The quantitative estimate of drug-likeness (QED) is 0.381. The molecule has 5 heteroatoms. The molecule has 0 amide bonds. The molecule has 146 valence electrons. The van der Waals surface area contributed by atoms with Gasteiger partial charge in [-0.15, -0.1) is 0 Å². The number of nitrogens with one attached hydrogen (secondary N) is 2. The fourth-order valence-corrected chi connectivity index (χ4v) is 2.53. The van der Waals surface area contributed by atoms with Crippen molar-refractivity contribution >= 4 is 5.96 Å². The minimum absolute atomic E-state index is 0.596. The van der Waals surface area contributed by atoms with E-state index in [-0.39, 0.29) is 0 Å². The Morgan fingerprint density at radius 2 is 1.81 bits per heavy atom. The number of nitrogens with zero attached hydrogens (tertiary/aromatic N) is 1. The first-order chi connectivity index (χ1) is 13.2. The van der Waals surface area contributed by atoms with Gasteiger partial charge in [-0.2, -0.15) is 0 Å². The van der Waals surface area contributed by atoms with Crippen LogP contribution in [0.3, 0.4) is 0 Å². The molecular weight excluding hydrogens is 338 g/mol. The Morgan fingerprint density at radius 3 is 2.56 bits per heavy atom. The molecule has 27 heavy (non-hydrogen) atoms. The molecule has 5 nitrogen and oxygen atoms in total. The molecule has 0 unspecified atom stereocenters. The smallest absolute Gasteiger partial charge is 0.191 e. The SMILES string of the molecule is CCNC(=NCc1cccc(OCCCOC)c1)NCc1ccc(C)cc1. The molecule has 0 aliphatic rings. The zero-order chi connectivity index (χ0) is 19.3. The van der Waals surface area contributed by atoms with Gasteiger partial charge in [-0.25, -0.2) is 4.99 Å². The Hall–Kier alpha value is -2.53. The van der Waals surface area contributed by atoms with Gasteiger partial charge in [-0.05, 0) is 37.1 Å². The molecule has 2 aromatic rings. The van der Waals surface area contributed by atoms with Crippen LogP contribution in [0.2, 0.25) is 0 Å². The van der Waals surface area contributed by atoms with Crippen molar-refractivity contribution in [1.29, 1.82) is 0 Å². The molecule has 0 fully saturated rings. The predicted molar refractivity (Wildman–Crippen MR) is 111 cm³/mol. The fourth-order valence-electron chi connectivity index (χ4n) is 2.53. The minimum Gasteiger partial charge on any atom is -0.493 e. The monoisotopic (exact) mass is 369 g/mol. The summed E-state index contributed by atoms with van der Waals surface area (Å²) in [6.45, 7) is 7.69. The van der Waals surface area contributed by atoms with Gasteiger partial charge in [0.05, 0.1) is 13.2 Å². The normalized spacial score (nSPS) is 11.3. The molecule has 0 aliphatic carbocycles. The maximum absolute atomic E-state index is 5.76. The van der Waals surface area contributed by atoms with Crippen molar-refractivity contribution in [2.24, 2.45) is 4.99 Å². The maximum atomic E-state index is 5.76. The zero-order valence-electron chi connectivity index (χ0n) is 16.6. The van der Waals surface area contributed by atoms with Crippen LogP contribution >= 0.6 is 0 Å². The Kier molecular flexibility index (Phi) is 9.21. The highest BCUT2D eigenvalue weighted by atomic mass is 16.5. The lowest BCUT2D eigenvalue weighted by Gasteiger charge is -2.12. The number of benzene rings is 2. The molecule has 0 atom stereocenters. The van der Waals surface area contributed by atoms with Gasteiger partial charge in [0.2, 0.25) is 0 Å². The molecule has 2 rings (SSSR count). The summed E-state index contributed by atoms with van der Waals surface area (Å²) in [7, 11) is 1.70. The van der Waals surface area contributed by atoms with Crippen LogP contribution in [0.5, 0.6) is 5.75 Å². The summed E-state index contributed by atoms with van der Waals surface area (Å²) in [5, 5.41) is 6.67. The topological polar surface area (TPSA) is 54.9 Å².